The zero-order valence-corrected chi connectivity index (χ0v) is 14.8. The van der Waals surface area contributed by atoms with Gasteiger partial charge in [-0.3, -0.25) is 0 Å². The molecule has 0 atom stereocenters. The topological polar surface area (TPSA) is 49.4 Å². The van der Waals surface area contributed by atoms with Crippen molar-refractivity contribution in [1.82, 2.24) is 9.62 Å². The van der Waals surface area contributed by atoms with Gasteiger partial charge in [-0.2, -0.15) is 4.31 Å². The molecule has 0 amide bonds. The minimum Gasteiger partial charge on any atom is -0.313 e. The fourth-order valence-electron chi connectivity index (χ4n) is 2.55. The lowest BCUT2D eigenvalue weighted by molar-refractivity contribution is 0.423. The molecule has 1 saturated heterocycles. The Balaban J connectivity index is 2.22. The van der Waals surface area contributed by atoms with Crippen LogP contribution in [0.2, 0.25) is 0 Å². The average Bonchev–Trinajstić information content (AvgIpc) is 2.74. The molecule has 0 radical (unpaired) electrons. The van der Waals surface area contributed by atoms with Crippen LogP contribution in [0.5, 0.6) is 0 Å². The monoisotopic (exact) mass is 374 g/mol. The van der Waals surface area contributed by atoms with Crippen LogP contribution in [-0.2, 0) is 16.6 Å². The van der Waals surface area contributed by atoms with Crippen molar-refractivity contribution in [3.63, 3.8) is 0 Å². The van der Waals surface area contributed by atoms with E-state index in [1.54, 1.807) is 10.4 Å². The van der Waals surface area contributed by atoms with Gasteiger partial charge in [0.2, 0.25) is 10.0 Å². The molecule has 1 aromatic rings. The van der Waals surface area contributed by atoms with Crippen LogP contribution in [0.1, 0.15) is 38.2 Å². The van der Waals surface area contributed by atoms with Gasteiger partial charge in [0.1, 0.15) is 0 Å². The Bertz CT molecular complexity index is 567. The number of nitrogens with one attached hydrogen (secondary N) is 1. The Labute approximate surface area is 136 Å². The maximum absolute atomic E-state index is 12.8. The van der Waals surface area contributed by atoms with Crippen LogP contribution in [0.15, 0.2) is 27.6 Å². The Hall–Kier alpha value is -0.430. The number of rotatable bonds is 5. The highest BCUT2D eigenvalue weighted by molar-refractivity contribution is 9.10. The van der Waals surface area contributed by atoms with E-state index in [4.69, 9.17) is 0 Å². The first kappa shape index (κ1) is 16.9. The molecule has 0 aromatic heterocycles. The van der Waals surface area contributed by atoms with Gasteiger partial charge in [-0.15, -0.1) is 0 Å². The summed E-state index contributed by atoms with van der Waals surface area (Å²) in [7, 11) is -3.39. The first-order chi connectivity index (χ1) is 10.1. The van der Waals surface area contributed by atoms with Crippen LogP contribution >= 0.6 is 15.9 Å². The average molecular weight is 375 g/mol. The van der Waals surface area contributed by atoms with E-state index < -0.39 is 10.0 Å². The smallest absolute Gasteiger partial charge is 0.244 e. The molecule has 1 heterocycles. The lowest BCUT2D eigenvalue weighted by atomic mass is 10.2. The second-order valence-electron chi connectivity index (χ2n) is 5.36. The van der Waals surface area contributed by atoms with Crippen LogP contribution in [0, 0.1) is 0 Å². The molecule has 21 heavy (non-hydrogen) atoms. The van der Waals surface area contributed by atoms with E-state index in [9.17, 15) is 8.42 Å². The molecule has 0 bridgehead atoms. The van der Waals surface area contributed by atoms with Crippen LogP contribution in [0.3, 0.4) is 0 Å². The second-order valence-corrected chi connectivity index (χ2v) is 8.12. The highest BCUT2D eigenvalue weighted by atomic mass is 79.9. The van der Waals surface area contributed by atoms with E-state index in [0.29, 0.717) is 22.5 Å². The summed E-state index contributed by atoms with van der Waals surface area (Å²) >= 11 is 3.43. The Morgan fingerprint density at radius 1 is 1.19 bits per heavy atom. The van der Waals surface area contributed by atoms with Crippen molar-refractivity contribution in [2.45, 2.75) is 44.0 Å². The normalized spacial score (nSPS) is 17.6. The SMILES string of the molecule is CCNCc1ccc(S(=O)(=O)N2CCCCCC2)c(Br)c1. The summed E-state index contributed by atoms with van der Waals surface area (Å²) in [5.41, 5.74) is 1.08. The van der Waals surface area contributed by atoms with Crippen molar-refractivity contribution in [3.05, 3.63) is 28.2 Å². The van der Waals surface area contributed by atoms with Gasteiger partial charge >= 0.3 is 0 Å². The summed E-state index contributed by atoms with van der Waals surface area (Å²) in [4.78, 5) is 0.379. The highest BCUT2D eigenvalue weighted by Crippen LogP contribution is 2.27. The zero-order valence-electron chi connectivity index (χ0n) is 12.4. The molecule has 1 aliphatic heterocycles. The molecule has 118 valence electrons. The summed E-state index contributed by atoms with van der Waals surface area (Å²) in [6.45, 7) is 4.96. The third-order valence-electron chi connectivity index (χ3n) is 3.76. The van der Waals surface area contributed by atoms with E-state index in [1.165, 1.54) is 0 Å². The summed E-state index contributed by atoms with van der Waals surface area (Å²) in [5, 5.41) is 3.24. The van der Waals surface area contributed by atoms with Crippen molar-refractivity contribution in [2.75, 3.05) is 19.6 Å². The van der Waals surface area contributed by atoms with E-state index >= 15 is 0 Å². The van der Waals surface area contributed by atoms with Crippen molar-refractivity contribution in [1.29, 1.82) is 0 Å². The van der Waals surface area contributed by atoms with Crippen molar-refractivity contribution in [2.24, 2.45) is 0 Å². The van der Waals surface area contributed by atoms with Gasteiger partial charge in [-0.05, 0) is 53.0 Å². The number of nitrogens with zero attached hydrogens (tertiary/aromatic N) is 1. The molecule has 1 N–H and O–H groups in total. The van der Waals surface area contributed by atoms with Crippen molar-refractivity contribution < 1.29 is 8.42 Å². The fraction of sp³-hybridized carbons (Fsp3) is 0.600. The third kappa shape index (κ3) is 4.28. The third-order valence-corrected chi connectivity index (χ3v) is 6.63. The molecule has 0 aliphatic carbocycles. The molecular formula is C15H23BrN2O2S. The van der Waals surface area contributed by atoms with Crippen LogP contribution in [0.4, 0.5) is 0 Å². The highest BCUT2D eigenvalue weighted by Gasteiger charge is 2.27. The molecule has 1 fully saturated rings. The summed E-state index contributed by atoms with van der Waals surface area (Å²) in [5.74, 6) is 0. The molecule has 1 aromatic carbocycles. The quantitative estimate of drug-likeness (QED) is 0.860. The second kappa shape index (κ2) is 7.72. The number of hydrogen-bond donors (Lipinski definition) is 1. The predicted molar refractivity (Wildman–Crippen MR) is 88.7 cm³/mol. The molecule has 0 unspecified atom stereocenters. The number of hydrogen-bond acceptors (Lipinski definition) is 3. The minimum atomic E-state index is -3.39. The largest absolute Gasteiger partial charge is 0.313 e. The number of sulfonamides is 1. The van der Waals surface area contributed by atoms with E-state index in [2.05, 4.69) is 21.2 Å². The molecule has 1 aliphatic rings. The number of halogens is 1. The van der Waals surface area contributed by atoms with Crippen LogP contribution in [0.25, 0.3) is 0 Å². The van der Waals surface area contributed by atoms with Crippen molar-refractivity contribution in [3.8, 4) is 0 Å². The van der Waals surface area contributed by atoms with Gasteiger partial charge in [-0.25, -0.2) is 8.42 Å². The summed E-state index contributed by atoms with van der Waals surface area (Å²) in [6.07, 6.45) is 4.15. The van der Waals surface area contributed by atoms with Gasteiger partial charge in [0, 0.05) is 24.1 Å². The van der Waals surface area contributed by atoms with E-state index in [-0.39, 0.29) is 0 Å². The summed E-state index contributed by atoms with van der Waals surface area (Å²) < 4.78 is 27.8. The minimum absolute atomic E-state index is 0.379. The Morgan fingerprint density at radius 3 is 2.43 bits per heavy atom. The van der Waals surface area contributed by atoms with Crippen LogP contribution in [-0.4, -0.2) is 32.4 Å². The first-order valence-electron chi connectivity index (χ1n) is 7.55. The molecular weight excluding hydrogens is 352 g/mol. The Kier molecular flexibility index (Phi) is 6.22. The predicted octanol–water partition coefficient (Wildman–Crippen LogP) is 3.12. The van der Waals surface area contributed by atoms with Gasteiger partial charge in [-0.1, -0.05) is 25.8 Å². The van der Waals surface area contributed by atoms with Gasteiger partial charge in [0.25, 0.3) is 0 Å². The molecule has 4 nitrogen and oxygen atoms in total. The zero-order chi connectivity index (χ0) is 15.3. The fourth-order valence-corrected chi connectivity index (χ4v) is 5.16. The lowest BCUT2D eigenvalue weighted by Gasteiger charge is -2.21. The molecule has 0 spiro atoms. The summed E-state index contributed by atoms with van der Waals surface area (Å²) in [6, 6.07) is 5.50. The first-order valence-corrected chi connectivity index (χ1v) is 9.78. The van der Waals surface area contributed by atoms with E-state index in [1.807, 2.05) is 19.1 Å². The molecule has 6 heteroatoms. The van der Waals surface area contributed by atoms with Gasteiger partial charge in [0.05, 0.1) is 4.90 Å². The number of benzene rings is 1. The van der Waals surface area contributed by atoms with Gasteiger partial charge < -0.3 is 5.32 Å². The van der Waals surface area contributed by atoms with Gasteiger partial charge in [0.15, 0.2) is 0 Å². The lowest BCUT2D eigenvalue weighted by Crippen LogP contribution is -2.32. The maximum Gasteiger partial charge on any atom is 0.244 e. The maximum atomic E-state index is 12.8. The van der Waals surface area contributed by atoms with E-state index in [0.717, 1.165) is 44.3 Å². The molecule has 0 saturated carbocycles. The standard InChI is InChI=1S/C15H23BrN2O2S/c1-2-17-12-13-7-8-15(14(16)11-13)21(19,20)18-9-5-3-4-6-10-18/h7-8,11,17H,2-6,9-10,12H2,1H3. The van der Waals surface area contributed by atoms with Crippen molar-refractivity contribution >= 4 is 26.0 Å². The Morgan fingerprint density at radius 2 is 1.86 bits per heavy atom. The molecule has 2 rings (SSSR count). The van der Waals surface area contributed by atoms with Crippen LogP contribution < -0.4 is 5.32 Å².